The smallest absolute Gasteiger partial charge is 0.471 e. The fraction of sp³-hybridized carbons (Fsp3) is 0.125. The largest absolute Gasteiger partial charge is 0.476 e. The van der Waals surface area contributed by atoms with Gasteiger partial charge in [0.15, 0.2) is 5.69 Å². The summed E-state index contributed by atoms with van der Waals surface area (Å²) in [6.45, 7) is 0. The number of nitrogens with one attached hydrogen (secondary N) is 1. The van der Waals surface area contributed by atoms with Gasteiger partial charge in [-0.15, -0.1) is 0 Å². The maximum absolute atomic E-state index is 12.0. The third kappa shape index (κ3) is 3.02. The highest BCUT2D eigenvalue weighted by Crippen LogP contribution is 2.33. The molecule has 0 saturated heterocycles. The van der Waals surface area contributed by atoms with Crippen LogP contribution in [0.25, 0.3) is 0 Å². The summed E-state index contributed by atoms with van der Waals surface area (Å²) in [7, 11) is 0. The zero-order valence-electron chi connectivity index (χ0n) is 8.18. The highest BCUT2D eigenvalue weighted by Gasteiger charge is 2.39. The molecular formula is C8H3Cl2F3N2O3. The van der Waals surface area contributed by atoms with Gasteiger partial charge in [-0.3, -0.25) is 4.79 Å². The van der Waals surface area contributed by atoms with E-state index >= 15 is 0 Å². The normalized spacial score (nSPS) is 11.2. The zero-order valence-corrected chi connectivity index (χ0v) is 9.69. The molecule has 98 valence electrons. The summed E-state index contributed by atoms with van der Waals surface area (Å²) in [4.78, 5) is 24.7. The van der Waals surface area contributed by atoms with E-state index in [1.165, 1.54) is 5.32 Å². The number of amides is 1. The van der Waals surface area contributed by atoms with Crippen molar-refractivity contribution in [3.63, 3.8) is 0 Å². The van der Waals surface area contributed by atoms with E-state index in [0.717, 1.165) is 6.20 Å². The number of rotatable bonds is 2. The Morgan fingerprint density at radius 1 is 1.33 bits per heavy atom. The summed E-state index contributed by atoms with van der Waals surface area (Å²) in [6, 6.07) is 0. The number of anilines is 1. The van der Waals surface area contributed by atoms with Gasteiger partial charge < -0.3 is 10.4 Å². The third-order valence-corrected chi connectivity index (χ3v) is 2.33. The zero-order chi connectivity index (χ0) is 14.1. The third-order valence-electron chi connectivity index (χ3n) is 1.67. The van der Waals surface area contributed by atoms with Crippen molar-refractivity contribution >= 4 is 40.8 Å². The van der Waals surface area contributed by atoms with Gasteiger partial charge in [0.25, 0.3) is 0 Å². The number of aromatic carboxylic acids is 1. The number of carboxylic acid groups (broad SMARTS) is 1. The molecule has 0 atom stereocenters. The number of carboxylic acids is 1. The van der Waals surface area contributed by atoms with Gasteiger partial charge in [-0.2, -0.15) is 13.2 Å². The molecule has 0 aliphatic carbocycles. The van der Waals surface area contributed by atoms with Crippen molar-refractivity contribution in [1.29, 1.82) is 0 Å². The number of carbonyl (C=O) groups is 2. The Labute approximate surface area is 108 Å². The Hall–Kier alpha value is -1.54. The van der Waals surface area contributed by atoms with Crippen LogP contribution in [0, 0.1) is 0 Å². The quantitative estimate of drug-likeness (QED) is 0.880. The molecule has 0 fully saturated rings. The predicted octanol–water partition coefficient (Wildman–Crippen LogP) is 2.59. The molecule has 0 aromatic carbocycles. The summed E-state index contributed by atoms with van der Waals surface area (Å²) in [5.41, 5.74) is -1.38. The average molecular weight is 303 g/mol. The maximum atomic E-state index is 12.0. The van der Waals surface area contributed by atoms with Crippen LogP contribution in [0.5, 0.6) is 0 Å². The minimum Gasteiger partial charge on any atom is -0.476 e. The molecule has 0 saturated carbocycles. The average Bonchev–Trinajstić information content (AvgIpc) is 2.21. The number of halogens is 5. The monoisotopic (exact) mass is 302 g/mol. The molecule has 18 heavy (non-hydrogen) atoms. The molecule has 0 aliphatic heterocycles. The Morgan fingerprint density at radius 3 is 2.33 bits per heavy atom. The molecule has 1 aromatic rings. The molecule has 1 rings (SSSR count). The lowest BCUT2D eigenvalue weighted by molar-refractivity contribution is -0.167. The maximum Gasteiger partial charge on any atom is 0.471 e. The van der Waals surface area contributed by atoms with Gasteiger partial charge in [0, 0.05) is 6.20 Å². The molecule has 1 aromatic heterocycles. The van der Waals surface area contributed by atoms with E-state index in [2.05, 4.69) is 4.98 Å². The Bertz CT molecular complexity index is 519. The molecule has 0 unspecified atom stereocenters. The second-order valence-corrected chi connectivity index (χ2v) is 3.69. The molecule has 0 radical (unpaired) electrons. The van der Waals surface area contributed by atoms with E-state index < -0.39 is 39.5 Å². The minimum atomic E-state index is -5.15. The van der Waals surface area contributed by atoms with E-state index in [4.69, 9.17) is 28.3 Å². The van der Waals surface area contributed by atoms with Crippen molar-refractivity contribution < 1.29 is 27.9 Å². The second kappa shape index (κ2) is 4.99. The summed E-state index contributed by atoms with van der Waals surface area (Å²) in [5.74, 6) is -3.90. The standard InChI is InChI=1S/C8H3Cl2F3N2O3/c9-2-1-14-5(6(16)17)3(10)4(2)15-7(18)8(11,12)13/h1H,(H,16,17)(H,14,15,18). The molecule has 1 amide bonds. The van der Waals surface area contributed by atoms with Crippen LogP contribution in [-0.4, -0.2) is 28.1 Å². The van der Waals surface area contributed by atoms with Gasteiger partial charge >= 0.3 is 18.1 Å². The van der Waals surface area contributed by atoms with E-state index in [-0.39, 0.29) is 0 Å². The van der Waals surface area contributed by atoms with Crippen LogP contribution < -0.4 is 5.32 Å². The van der Waals surface area contributed by atoms with Gasteiger partial charge in [0.1, 0.15) is 0 Å². The number of alkyl halides is 3. The van der Waals surface area contributed by atoms with Gasteiger partial charge in [0.2, 0.25) is 0 Å². The Kier molecular flexibility index (Phi) is 4.02. The molecule has 5 nitrogen and oxygen atoms in total. The van der Waals surface area contributed by atoms with E-state index in [1.807, 2.05) is 0 Å². The van der Waals surface area contributed by atoms with E-state index in [9.17, 15) is 22.8 Å². The molecule has 0 aliphatic rings. The van der Waals surface area contributed by atoms with Crippen molar-refractivity contribution in [1.82, 2.24) is 4.98 Å². The Balaban J connectivity index is 3.21. The SMILES string of the molecule is O=C(O)c1ncc(Cl)c(NC(=O)C(F)(F)F)c1Cl. The first-order valence-corrected chi connectivity index (χ1v) is 4.85. The van der Waals surface area contributed by atoms with Gasteiger partial charge in [0.05, 0.1) is 15.7 Å². The summed E-state index contributed by atoms with van der Waals surface area (Å²) >= 11 is 11.0. The molecule has 0 bridgehead atoms. The van der Waals surface area contributed by atoms with E-state index in [1.54, 1.807) is 0 Å². The summed E-state index contributed by atoms with van der Waals surface area (Å²) < 4.78 is 36.1. The van der Waals surface area contributed by atoms with Crippen LogP contribution in [0.2, 0.25) is 10.0 Å². The first-order valence-electron chi connectivity index (χ1n) is 4.10. The van der Waals surface area contributed by atoms with Gasteiger partial charge in [-0.25, -0.2) is 9.78 Å². The summed E-state index contributed by atoms with van der Waals surface area (Å²) in [5, 5.41) is 8.93. The van der Waals surface area contributed by atoms with Crippen LogP contribution in [0.1, 0.15) is 10.5 Å². The fourth-order valence-electron chi connectivity index (χ4n) is 0.914. The van der Waals surface area contributed by atoms with Crippen LogP contribution in [-0.2, 0) is 4.79 Å². The van der Waals surface area contributed by atoms with Crippen LogP contribution in [0.3, 0.4) is 0 Å². The summed E-state index contributed by atoms with van der Waals surface area (Å²) in [6.07, 6.45) is -4.39. The van der Waals surface area contributed by atoms with Gasteiger partial charge in [-0.05, 0) is 0 Å². The minimum absolute atomic E-state index is 0.414. The fourth-order valence-corrected chi connectivity index (χ4v) is 1.43. The number of pyridine rings is 1. The number of hydrogen-bond donors (Lipinski definition) is 2. The van der Waals surface area contributed by atoms with Crippen LogP contribution >= 0.6 is 23.2 Å². The molecule has 2 N–H and O–H groups in total. The van der Waals surface area contributed by atoms with Crippen LogP contribution in [0.4, 0.5) is 18.9 Å². The molecule has 0 spiro atoms. The molecule has 10 heteroatoms. The van der Waals surface area contributed by atoms with Crippen molar-refractivity contribution in [2.75, 3.05) is 5.32 Å². The number of nitrogens with zero attached hydrogens (tertiary/aromatic N) is 1. The van der Waals surface area contributed by atoms with Gasteiger partial charge in [-0.1, -0.05) is 23.2 Å². The lowest BCUT2D eigenvalue weighted by atomic mass is 10.3. The second-order valence-electron chi connectivity index (χ2n) is 2.90. The van der Waals surface area contributed by atoms with Crippen molar-refractivity contribution in [3.8, 4) is 0 Å². The van der Waals surface area contributed by atoms with Crippen molar-refractivity contribution in [3.05, 3.63) is 21.9 Å². The topological polar surface area (TPSA) is 79.3 Å². The number of aromatic nitrogens is 1. The lowest BCUT2D eigenvalue weighted by Gasteiger charge is -2.11. The molecule has 1 heterocycles. The van der Waals surface area contributed by atoms with E-state index in [0.29, 0.717) is 0 Å². The molecular weight excluding hydrogens is 300 g/mol. The first-order chi connectivity index (χ1) is 8.14. The van der Waals surface area contributed by atoms with Crippen LogP contribution in [0.15, 0.2) is 6.20 Å². The van der Waals surface area contributed by atoms with Crippen molar-refractivity contribution in [2.24, 2.45) is 0 Å². The highest BCUT2D eigenvalue weighted by molar-refractivity contribution is 6.41. The Morgan fingerprint density at radius 2 is 1.89 bits per heavy atom. The number of hydrogen-bond acceptors (Lipinski definition) is 3. The predicted molar refractivity (Wildman–Crippen MR) is 55.9 cm³/mol. The lowest BCUT2D eigenvalue weighted by Crippen LogP contribution is -2.30. The first kappa shape index (κ1) is 14.5. The van der Waals surface area contributed by atoms with Crippen molar-refractivity contribution in [2.45, 2.75) is 6.18 Å². The number of carbonyl (C=O) groups excluding carboxylic acids is 1. The highest BCUT2D eigenvalue weighted by atomic mass is 35.5.